The Kier molecular flexibility index (Phi) is 6.99. The summed E-state index contributed by atoms with van der Waals surface area (Å²) in [7, 11) is 1.59. The fourth-order valence-corrected chi connectivity index (χ4v) is 3.33. The third-order valence-corrected chi connectivity index (χ3v) is 4.61. The van der Waals surface area contributed by atoms with E-state index in [9.17, 15) is 9.59 Å². The van der Waals surface area contributed by atoms with Gasteiger partial charge in [-0.25, -0.2) is 14.8 Å². The van der Waals surface area contributed by atoms with Crippen molar-refractivity contribution in [1.82, 2.24) is 15.1 Å². The van der Waals surface area contributed by atoms with Gasteiger partial charge in [0.1, 0.15) is 0 Å². The second-order valence-electron chi connectivity index (χ2n) is 6.50. The quantitative estimate of drug-likeness (QED) is 0.821. The van der Waals surface area contributed by atoms with Crippen LogP contribution in [0.1, 0.15) is 29.2 Å². The molecule has 0 atom stereocenters. The number of amides is 2. The molecule has 0 spiro atoms. The Hall–Kier alpha value is -2.12. The van der Waals surface area contributed by atoms with E-state index in [0.29, 0.717) is 26.2 Å². The van der Waals surface area contributed by atoms with E-state index in [-0.39, 0.29) is 18.9 Å². The highest BCUT2D eigenvalue weighted by molar-refractivity contribution is 5.82. The normalized spacial score (nSPS) is 15.7. The Labute approximate surface area is 155 Å². The first-order valence-electron chi connectivity index (χ1n) is 8.97. The number of hydroxylamine groups is 2. The lowest BCUT2D eigenvalue weighted by Gasteiger charge is -2.32. The van der Waals surface area contributed by atoms with Crippen LogP contribution in [0.5, 0.6) is 0 Å². The van der Waals surface area contributed by atoms with E-state index in [1.54, 1.807) is 19.1 Å². The number of hydrazine groups is 1. The molecule has 1 saturated heterocycles. The second kappa shape index (κ2) is 9.00. The predicted molar refractivity (Wildman–Crippen MR) is 98.4 cm³/mol. The smallest absolute Gasteiger partial charge is 0.428 e. The first kappa shape index (κ1) is 20.2. The second-order valence-corrected chi connectivity index (χ2v) is 6.50. The van der Waals surface area contributed by atoms with Crippen molar-refractivity contribution in [2.45, 2.75) is 34.1 Å². The molecule has 1 aromatic rings. The third kappa shape index (κ3) is 4.74. The highest BCUT2D eigenvalue weighted by Crippen LogP contribution is 2.19. The van der Waals surface area contributed by atoms with Crippen molar-refractivity contribution in [2.75, 3.05) is 39.9 Å². The number of aryl methyl sites for hydroxylation is 3. The Morgan fingerprint density at radius 3 is 2.12 bits per heavy atom. The van der Waals surface area contributed by atoms with E-state index in [4.69, 9.17) is 9.57 Å². The zero-order valence-electron chi connectivity index (χ0n) is 16.4. The molecule has 0 bridgehead atoms. The fraction of sp³-hybridized carbons (Fsp3) is 0.579. The Morgan fingerprint density at radius 1 is 1.00 bits per heavy atom. The molecule has 7 nitrogen and oxygen atoms in total. The van der Waals surface area contributed by atoms with Gasteiger partial charge in [0.25, 0.3) is 0 Å². The minimum absolute atomic E-state index is 0.119. The molecule has 0 N–H and O–H groups in total. The van der Waals surface area contributed by atoms with Crippen molar-refractivity contribution in [3.63, 3.8) is 0 Å². The lowest BCUT2D eigenvalue weighted by Crippen LogP contribution is -2.51. The molecule has 2 rings (SSSR count). The molecule has 7 heteroatoms. The van der Waals surface area contributed by atoms with Gasteiger partial charge in [0, 0.05) is 13.1 Å². The van der Waals surface area contributed by atoms with Gasteiger partial charge in [-0.15, -0.1) is 0 Å². The molecule has 1 heterocycles. The molecule has 0 aromatic heterocycles. The molecule has 0 aliphatic carbocycles. The average Bonchev–Trinajstić information content (AvgIpc) is 2.80. The summed E-state index contributed by atoms with van der Waals surface area (Å²) in [4.78, 5) is 30.7. The van der Waals surface area contributed by atoms with Crippen molar-refractivity contribution >= 4 is 12.0 Å². The molecular formula is C19H29N3O4. The molecule has 2 amide bonds. The monoisotopic (exact) mass is 363 g/mol. The number of hydrogen-bond acceptors (Lipinski definition) is 5. The molecule has 0 unspecified atom stereocenters. The van der Waals surface area contributed by atoms with E-state index < -0.39 is 6.09 Å². The Morgan fingerprint density at radius 2 is 1.58 bits per heavy atom. The van der Waals surface area contributed by atoms with Gasteiger partial charge >= 0.3 is 6.09 Å². The van der Waals surface area contributed by atoms with Crippen LogP contribution in [0.15, 0.2) is 12.1 Å². The highest BCUT2D eigenvalue weighted by atomic mass is 16.7. The third-order valence-electron chi connectivity index (χ3n) is 4.61. The van der Waals surface area contributed by atoms with Crippen molar-refractivity contribution in [3.8, 4) is 0 Å². The van der Waals surface area contributed by atoms with Crippen LogP contribution in [0, 0.1) is 20.8 Å². The summed E-state index contributed by atoms with van der Waals surface area (Å²) in [5.41, 5.74) is 4.37. The van der Waals surface area contributed by atoms with Crippen LogP contribution >= 0.6 is 0 Å². The number of ether oxygens (including phenoxy) is 1. The van der Waals surface area contributed by atoms with Gasteiger partial charge in [-0.05, 0) is 44.4 Å². The van der Waals surface area contributed by atoms with E-state index in [1.807, 2.05) is 20.8 Å². The van der Waals surface area contributed by atoms with Crippen molar-refractivity contribution in [3.05, 3.63) is 34.4 Å². The van der Waals surface area contributed by atoms with Crippen LogP contribution in [0.25, 0.3) is 0 Å². The van der Waals surface area contributed by atoms with E-state index in [0.717, 1.165) is 16.7 Å². The number of carbonyl (C=O) groups excluding carboxylic acids is 2. The van der Waals surface area contributed by atoms with Crippen molar-refractivity contribution in [1.29, 1.82) is 0 Å². The van der Waals surface area contributed by atoms with Gasteiger partial charge in [-0.1, -0.05) is 17.7 Å². The van der Waals surface area contributed by atoms with Crippen LogP contribution in [-0.4, -0.2) is 67.0 Å². The van der Waals surface area contributed by atoms with Gasteiger partial charge in [-0.2, -0.15) is 5.06 Å². The zero-order valence-corrected chi connectivity index (χ0v) is 16.4. The number of hydrogen-bond donors (Lipinski definition) is 0. The largest absolute Gasteiger partial charge is 0.448 e. The van der Waals surface area contributed by atoms with Gasteiger partial charge in [0.05, 0.1) is 33.2 Å². The summed E-state index contributed by atoms with van der Waals surface area (Å²) < 4.78 is 5.13. The van der Waals surface area contributed by atoms with Crippen LogP contribution in [-0.2, 0) is 20.8 Å². The van der Waals surface area contributed by atoms with Crippen LogP contribution in [0.2, 0.25) is 0 Å². The van der Waals surface area contributed by atoms with Crippen molar-refractivity contribution < 1.29 is 19.2 Å². The van der Waals surface area contributed by atoms with Gasteiger partial charge in [0.2, 0.25) is 5.91 Å². The highest BCUT2D eigenvalue weighted by Gasteiger charge is 2.31. The van der Waals surface area contributed by atoms with Crippen LogP contribution in [0.4, 0.5) is 4.79 Å². The summed E-state index contributed by atoms with van der Waals surface area (Å²) in [6.45, 7) is 9.85. The molecule has 1 aliphatic rings. The van der Waals surface area contributed by atoms with Gasteiger partial charge in [-0.3, -0.25) is 4.79 Å². The fourth-order valence-electron chi connectivity index (χ4n) is 3.33. The lowest BCUT2D eigenvalue weighted by molar-refractivity contribution is -0.145. The summed E-state index contributed by atoms with van der Waals surface area (Å²) >= 11 is 0. The van der Waals surface area contributed by atoms with E-state index >= 15 is 0 Å². The van der Waals surface area contributed by atoms with Crippen molar-refractivity contribution in [2.24, 2.45) is 0 Å². The molecule has 0 saturated carbocycles. The maximum Gasteiger partial charge on any atom is 0.428 e. The standard InChI is InChI=1S/C19H29N3O4/c1-6-26-19(24)22-10-8-20(25-5)7-9-21(22)18(23)13-17-15(3)11-14(2)12-16(17)4/h11-12H,6-10,13H2,1-5H3. The van der Waals surface area contributed by atoms with E-state index in [1.165, 1.54) is 15.6 Å². The van der Waals surface area contributed by atoms with Crippen LogP contribution < -0.4 is 0 Å². The maximum absolute atomic E-state index is 13.0. The lowest BCUT2D eigenvalue weighted by atomic mass is 9.97. The topological polar surface area (TPSA) is 62.3 Å². The minimum Gasteiger partial charge on any atom is -0.448 e. The Bertz CT molecular complexity index is 639. The molecule has 0 radical (unpaired) electrons. The SMILES string of the molecule is CCOC(=O)N1CCN(OC)CCN1C(=O)Cc1c(C)cc(C)cc1C. The number of rotatable bonds is 4. The number of benzene rings is 1. The molecule has 144 valence electrons. The van der Waals surface area contributed by atoms with E-state index in [2.05, 4.69) is 12.1 Å². The molecule has 1 aliphatic heterocycles. The average molecular weight is 363 g/mol. The maximum atomic E-state index is 13.0. The first-order valence-corrected chi connectivity index (χ1v) is 8.97. The molecule has 1 fully saturated rings. The van der Waals surface area contributed by atoms with Gasteiger partial charge in [0.15, 0.2) is 0 Å². The van der Waals surface area contributed by atoms with Crippen LogP contribution in [0.3, 0.4) is 0 Å². The summed E-state index contributed by atoms with van der Waals surface area (Å²) in [6, 6.07) is 4.15. The number of nitrogens with zero attached hydrogens (tertiary/aromatic N) is 3. The minimum atomic E-state index is -0.504. The predicted octanol–water partition coefficient (Wildman–Crippen LogP) is 2.23. The zero-order chi connectivity index (χ0) is 19.3. The van der Waals surface area contributed by atoms with Gasteiger partial charge < -0.3 is 9.57 Å². The summed E-state index contributed by atoms with van der Waals surface area (Å²) in [5.74, 6) is -0.119. The first-order chi connectivity index (χ1) is 12.4. The summed E-state index contributed by atoms with van der Waals surface area (Å²) in [5, 5.41) is 4.63. The summed E-state index contributed by atoms with van der Waals surface area (Å²) in [6.07, 6.45) is -0.253. The number of carbonyl (C=O) groups is 2. The molecular weight excluding hydrogens is 334 g/mol. The molecule has 26 heavy (non-hydrogen) atoms. The Balaban J connectivity index is 2.23. The molecule has 1 aromatic carbocycles.